The zero-order valence-corrected chi connectivity index (χ0v) is 18.0. The molecule has 1 unspecified atom stereocenters. The van der Waals surface area contributed by atoms with Gasteiger partial charge in [-0.2, -0.15) is 0 Å². The second kappa shape index (κ2) is 10.1. The van der Waals surface area contributed by atoms with Crippen LogP contribution >= 0.6 is 24.0 Å². The molecule has 8 heteroatoms. The molecule has 1 aromatic heterocycles. The summed E-state index contributed by atoms with van der Waals surface area (Å²) in [7, 11) is 2.18. The van der Waals surface area contributed by atoms with Crippen molar-refractivity contribution in [3.8, 4) is 0 Å². The zero-order valence-electron chi connectivity index (χ0n) is 15.7. The van der Waals surface area contributed by atoms with Crippen molar-refractivity contribution in [3.63, 3.8) is 0 Å². The summed E-state index contributed by atoms with van der Waals surface area (Å²) in [4.78, 5) is 23.7. The molecule has 0 radical (unpaired) electrons. The topological polar surface area (TPSA) is 64.3 Å². The first-order valence-electron chi connectivity index (χ1n) is 9.25. The lowest BCUT2D eigenvalue weighted by Crippen LogP contribution is -2.54. The Morgan fingerprint density at radius 3 is 2.58 bits per heavy atom. The van der Waals surface area contributed by atoms with Crippen molar-refractivity contribution in [2.45, 2.75) is 25.8 Å². The molecule has 7 nitrogen and oxygen atoms in total. The second-order valence-electron chi connectivity index (χ2n) is 6.73. The molecule has 0 spiro atoms. The maximum absolute atomic E-state index is 12.4. The molecule has 3 heterocycles. The van der Waals surface area contributed by atoms with Gasteiger partial charge in [-0.25, -0.2) is 0 Å². The highest BCUT2D eigenvalue weighted by Gasteiger charge is 2.26. The van der Waals surface area contributed by atoms with Gasteiger partial charge in [-0.05, 0) is 45.5 Å². The molecule has 0 bridgehead atoms. The third-order valence-electron chi connectivity index (χ3n) is 5.06. The molecular weight excluding hydrogens is 445 g/mol. The maximum atomic E-state index is 12.4. The minimum Gasteiger partial charge on any atom is -0.459 e. The van der Waals surface area contributed by atoms with Crippen LogP contribution in [0.25, 0.3) is 0 Å². The summed E-state index contributed by atoms with van der Waals surface area (Å²) >= 11 is 0. The first-order chi connectivity index (χ1) is 12.2. The van der Waals surface area contributed by atoms with E-state index in [1.165, 1.54) is 19.4 Å². The van der Waals surface area contributed by atoms with Crippen molar-refractivity contribution in [1.82, 2.24) is 20.0 Å². The fourth-order valence-corrected chi connectivity index (χ4v) is 3.51. The van der Waals surface area contributed by atoms with E-state index in [-0.39, 0.29) is 29.9 Å². The molecule has 1 aromatic rings. The molecule has 2 aliphatic heterocycles. The average molecular weight is 475 g/mol. The smallest absolute Gasteiger partial charge is 0.289 e. The molecule has 1 N–H and O–H groups in total. The highest BCUT2D eigenvalue weighted by Crippen LogP contribution is 2.15. The number of nitrogens with one attached hydrogen (secondary N) is 1. The molecule has 2 fully saturated rings. The van der Waals surface area contributed by atoms with Crippen molar-refractivity contribution in [3.05, 3.63) is 24.2 Å². The SMILES string of the molecule is CCNC(=NCC1CCCN1C)N1CCN(C(=O)c2ccco2)CC1.I. The number of nitrogens with zero attached hydrogens (tertiary/aromatic N) is 4. The van der Waals surface area contributed by atoms with Gasteiger partial charge >= 0.3 is 0 Å². The summed E-state index contributed by atoms with van der Waals surface area (Å²) in [6.07, 6.45) is 4.03. The molecule has 0 aromatic carbocycles. The van der Waals surface area contributed by atoms with Gasteiger partial charge in [-0.1, -0.05) is 0 Å². The van der Waals surface area contributed by atoms with Crippen molar-refractivity contribution in [2.75, 3.05) is 52.9 Å². The Kier molecular flexibility index (Phi) is 8.20. The molecule has 2 saturated heterocycles. The van der Waals surface area contributed by atoms with Crippen LogP contribution in [-0.4, -0.2) is 85.5 Å². The van der Waals surface area contributed by atoms with Gasteiger partial charge in [0.15, 0.2) is 11.7 Å². The number of furan rings is 1. The molecule has 1 amide bonds. The summed E-state index contributed by atoms with van der Waals surface area (Å²) in [6, 6.07) is 4.02. The summed E-state index contributed by atoms with van der Waals surface area (Å²) in [5.41, 5.74) is 0. The van der Waals surface area contributed by atoms with Crippen LogP contribution in [0.1, 0.15) is 30.3 Å². The normalized spacial score (nSPS) is 21.6. The number of likely N-dealkylation sites (N-methyl/N-ethyl adjacent to an activating group) is 1. The number of likely N-dealkylation sites (tertiary alicyclic amines) is 1. The summed E-state index contributed by atoms with van der Waals surface area (Å²) in [5.74, 6) is 1.35. The van der Waals surface area contributed by atoms with E-state index in [1.807, 2.05) is 4.90 Å². The average Bonchev–Trinajstić information content (AvgIpc) is 3.30. The fourth-order valence-electron chi connectivity index (χ4n) is 3.51. The first-order valence-corrected chi connectivity index (χ1v) is 9.25. The van der Waals surface area contributed by atoms with Gasteiger partial charge in [0.1, 0.15) is 0 Å². The van der Waals surface area contributed by atoms with E-state index in [1.54, 1.807) is 18.4 Å². The van der Waals surface area contributed by atoms with E-state index in [9.17, 15) is 4.79 Å². The molecule has 1 atom stereocenters. The zero-order chi connectivity index (χ0) is 17.6. The first kappa shape index (κ1) is 21.0. The summed E-state index contributed by atoms with van der Waals surface area (Å²) < 4.78 is 5.22. The highest BCUT2D eigenvalue weighted by molar-refractivity contribution is 14.0. The molecule has 3 rings (SSSR count). The van der Waals surface area contributed by atoms with Gasteiger partial charge in [0.2, 0.25) is 0 Å². The number of carbonyl (C=O) groups is 1. The number of hydrogen-bond donors (Lipinski definition) is 1. The van der Waals surface area contributed by atoms with Crippen LogP contribution in [0.4, 0.5) is 0 Å². The predicted octanol–water partition coefficient (Wildman–Crippen LogP) is 1.72. The van der Waals surface area contributed by atoms with Gasteiger partial charge in [-0.3, -0.25) is 9.79 Å². The lowest BCUT2D eigenvalue weighted by atomic mass is 10.2. The third kappa shape index (κ3) is 5.12. The summed E-state index contributed by atoms with van der Waals surface area (Å²) in [6.45, 7) is 7.91. The Morgan fingerprint density at radius 1 is 1.27 bits per heavy atom. The van der Waals surface area contributed by atoms with E-state index in [0.29, 0.717) is 24.9 Å². The number of hydrogen-bond acceptors (Lipinski definition) is 4. The van der Waals surface area contributed by atoms with Crippen molar-refractivity contribution >= 4 is 35.8 Å². The van der Waals surface area contributed by atoms with E-state index in [0.717, 1.165) is 32.1 Å². The van der Waals surface area contributed by atoms with E-state index in [4.69, 9.17) is 9.41 Å². The number of rotatable bonds is 4. The van der Waals surface area contributed by atoms with Crippen LogP contribution in [0, 0.1) is 0 Å². The van der Waals surface area contributed by atoms with Gasteiger partial charge in [-0.15, -0.1) is 24.0 Å². The largest absolute Gasteiger partial charge is 0.459 e. The van der Waals surface area contributed by atoms with Crippen LogP contribution in [-0.2, 0) is 0 Å². The van der Waals surface area contributed by atoms with Crippen LogP contribution in [0.15, 0.2) is 27.8 Å². The van der Waals surface area contributed by atoms with E-state index in [2.05, 4.69) is 29.1 Å². The van der Waals surface area contributed by atoms with Crippen molar-refractivity contribution in [1.29, 1.82) is 0 Å². The highest BCUT2D eigenvalue weighted by atomic mass is 127. The fraction of sp³-hybridized carbons (Fsp3) is 0.667. The lowest BCUT2D eigenvalue weighted by Gasteiger charge is -2.36. The van der Waals surface area contributed by atoms with Gasteiger partial charge < -0.3 is 24.4 Å². The molecule has 0 saturated carbocycles. The number of guanidine groups is 1. The van der Waals surface area contributed by atoms with E-state index >= 15 is 0 Å². The lowest BCUT2D eigenvalue weighted by molar-refractivity contribution is 0.0657. The van der Waals surface area contributed by atoms with Gasteiger partial charge in [0.25, 0.3) is 5.91 Å². The minimum atomic E-state index is -0.0285. The minimum absolute atomic E-state index is 0. The van der Waals surface area contributed by atoms with Crippen LogP contribution in [0.5, 0.6) is 0 Å². The van der Waals surface area contributed by atoms with Crippen LogP contribution in [0.2, 0.25) is 0 Å². The summed E-state index contributed by atoms with van der Waals surface area (Å²) in [5, 5.41) is 3.40. The second-order valence-corrected chi connectivity index (χ2v) is 6.73. The molecule has 0 aliphatic carbocycles. The number of halogens is 1. The predicted molar refractivity (Wildman–Crippen MR) is 113 cm³/mol. The quantitative estimate of drug-likeness (QED) is 0.408. The molecule has 2 aliphatic rings. The Labute approximate surface area is 172 Å². The van der Waals surface area contributed by atoms with Crippen molar-refractivity contribution in [2.24, 2.45) is 4.99 Å². The number of piperazine rings is 1. The monoisotopic (exact) mass is 475 g/mol. The molecule has 146 valence electrons. The van der Waals surface area contributed by atoms with Crippen LogP contribution < -0.4 is 5.32 Å². The Morgan fingerprint density at radius 2 is 2.00 bits per heavy atom. The Hall–Kier alpha value is -1.29. The van der Waals surface area contributed by atoms with Crippen molar-refractivity contribution < 1.29 is 9.21 Å². The Bertz CT molecular complexity index is 584. The number of amides is 1. The molecular formula is C18H30IN5O2. The number of carbonyl (C=O) groups excluding carboxylic acids is 1. The molecule has 26 heavy (non-hydrogen) atoms. The van der Waals surface area contributed by atoms with E-state index < -0.39 is 0 Å². The Balaban J connectivity index is 0.00000243. The maximum Gasteiger partial charge on any atom is 0.289 e. The van der Waals surface area contributed by atoms with Gasteiger partial charge in [0, 0.05) is 38.8 Å². The van der Waals surface area contributed by atoms with Crippen LogP contribution in [0.3, 0.4) is 0 Å². The third-order valence-corrected chi connectivity index (χ3v) is 5.06. The van der Waals surface area contributed by atoms with Gasteiger partial charge in [0.05, 0.1) is 12.8 Å². The standard InChI is InChI=1S/C18H29N5O2.HI/c1-3-19-18(20-14-15-6-4-8-21(15)2)23-11-9-22(10-12-23)17(24)16-7-5-13-25-16;/h5,7,13,15H,3-4,6,8-12,14H2,1-2H3,(H,19,20);1H. The number of aliphatic imine (C=N–C) groups is 1.